The summed E-state index contributed by atoms with van der Waals surface area (Å²) < 4.78 is 2.02. The molecule has 6 amide bonds. The zero-order valence-corrected chi connectivity index (χ0v) is 53.9. The van der Waals surface area contributed by atoms with Crippen LogP contribution >= 0.6 is 0 Å². The predicted octanol–water partition coefficient (Wildman–Crippen LogP) is 13.3. The molecular formula is C83H45N11O10. The number of carbonyl (C=O) groups is 6. The van der Waals surface area contributed by atoms with Gasteiger partial charge in [0.1, 0.15) is 0 Å². The van der Waals surface area contributed by atoms with E-state index in [1.807, 2.05) is 78.9 Å². The van der Waals surface area contributed by atoms with E-state index in [9.17, 15) is 47.9 Å². The van der Waals surface area contributed by atoms with Crippen LogP contribution < -0.4 is 42.7 Å². The third-order valence-electron chi connectivity index (χ3n) is 19.4. The lowest BCUT2D eigenvalue weighted by atomic mass is 9.82. The second-order valence-corrected chi connectivity index (χ2v) is 24.8. The lowest BCUT2D eigenvalue weighted by molar-refractivity contribution is 0.0877. The van der Waals surface area contributed by atoms with E-state index in [0.717, 1.165) is 85.1 Å². The highest BCUT2D eigenvalue weighted by atomic mass is 16.2. The summed E-state index contributed by atoms with van der Waals surface area (Å²) in [5, 5.41) is 18.8. The molecule has 492 valence electrons. The van der Waals surface area contributed by atoms with Gasteiger partial charge in [-0.25, -0.2) is 18.9 Å². The highest BCUT2D eigenvalue weighted by Crippen LogP contribution is 2.48. The average Bonchev–Trinajstić information content (AvgIpc) is 0.889. The summed E-state index contributed by atoms with van der Waals surface area (Å²) >= 11 is 0. The SMILES string of the molecule is O=C(Nc1ccc2ccc3c(NC(=O)c4ccncc4)ccc4ccc1c2c43)c1ccncc1.O=C1c2ccc3c4ccc5c6c(ccc(c7ccc(c2c37)C(=O)N1c1ccccc1)c64)C(=O)N(c1ccncc1)C5=O.O=c1c2cc3c(=O)n(-c4ccncc4)c(=O)c3cc2c(=O)n1-c1ccncc1. The number of aromatic nitrogens is 7. The number of fused-ring (bicyclic) bond motifs is 4. The summed E-state index contributed by atoms with van der Waals surface area (Å²) in [5.41, 5.74) is 3.90. The fraction of sp³-hybridized carbons (Fsp3) is 0. The molecule has 0 spiro atoms. The molecular weight excluding hydrogens is 1310 g/mol. The minimum Gasteiger partial charge on any atom is -0.321 e. The van der Waals surface area contributed by atoms with Crippen LogP contribution in [0.15, 0.2) is 281 Å². The molecule has 0 bridgehead atoms. The number of pyridine rings is 5. The first-order valence-corrected chi connectivity index (χ1v) is 32.6. The Morgan fingerprint density at radius 1 is 0.260 bits per heavy atom. The van der Waals surface area contributed by atoms with Crippen molar-refractivity contribution < 1.29 is 28.8 Å². The smallest absolute Gasteiger partial charge is 0.266 e. The van der Waals surface area contributed by atoms with Crippen molar-refractivity contribution in [3.05, 3.63) is 337 Å². The fourth-order valence-corrected chi connectivity index (χ4v) is 14.7. The lowest BCUT2D eigenvalue weighted by Crippen LogP contribution is -2.40. The van der Waals surface area contributed by atoms with E-state index in [1.54, 1.807) is 122 Å². The van der Waals surface area contributed by atoms with Crippen LogP contribution in [0.5, 0.6) is 0 Å². The molecule has 0 fully saturated rings. The van der Waals surface area contributed by atoms with Gasteiger partial charge in [0.2, 0.25) is 0 Å². The van der Waals surface area contributed by atoms with Crippen molar-refractivity contribution in [2.75, 3.05) is 20.4 Å². The zero-order valence-electron chi connectivity index (χ0n) is 53.9. The molecule has 104 heavy (non-hydrogen) atoms. The Morgan fingerprint density at radius 3 is 0.885 bits per heavy atom. The summed E-state index contributed by atoms with van der Waals surface area (Å²) in [4.78, 5) is 154. The number of anilines is 4. The lowest BCUT2D eigenvalue weighted by Gasteiger charge is -2.30. The number of hydrogen-bond donors (Lipinski definition) is 2. The fourth-order valence-electron chi connectivity index (χ4n) is 14.7. The van der Waals surface area contributed by atoms with Gasteiger partial charge in [0, 0.05) is 128 Å². The molecule has 2 aliphatic rings. The third kappa shape index (κ3) is 9.45. The Balaban J connectivity index is 0.000000114. The summed E-state index contributed by atoms with van der Waals surface area (Å²) in [6.45, 7) is 0. The largest absolute Gasteiger partial charge is 0.321 e. The van der Waals surface area contributed by atoms with Gasteiger partial charge in [0.15, 0.2) is 0 Å². The van der Waals surface area contributed by atoms with Crippen molar-refractivity contribution in [3.63, 3.8) is 0 Å². The van der Waals surface area contributed by atoms with Gasteiger partial charge in [-0.2, -0.15) is 0 Å². The van der Waals surface area contributed by atoms with Crippen LogP contribution in [0.3, 0.4) is 0 Å². The van der Waals surface area contributed by atoms with Gasteiger partial charge in [0.25, 0.3) is 57.7 Å². The topological polar surface area (TPSA) is 276 Å². The van der Waals surface area contributed by atoms with E-state index in [4.69, 9.17) is 0 Å². The number of imide groups is 2. The van der Waals surface area contributed by atoms with E-state index >= 15 is 0 Å². The van der Waals surface area contributed by atoms with E-state index in [0.29, 0.717) is 66.9 Å². The Hall–Kier alpha value is -15.0. The van der Waals surface area contributed by atoms with Crippen LogP contribution in [-0.4, -0.2) is 69.5 Å². The van der Waals surface area contributed by atoms with Gasteiger partial charge < -0.3 is 10.6 Å². The van der Waals surface area contributed by atoms with Crippen molar-refractivity contribution in [2.24, 2.45) is 0 Å². The minimum atomic E-state index is -0.545. The molecule has 0 saturated carbocycles. The van der Waals surface area contributed by atoms with E-state index < -0.39 is 34.1 Å². The van der Waals surface area contributed by atoms with Crippen molar-refractivity contribution in [3.8, 4) is 11.4 Å². The quantitative estimate of drug-likeness (QED) is 0.0813. The van der Waals surface area contributed by atoms with Crippen LogP contribution in [0, 0.1) is 0 Å². The molecule has 0 saturated heterocycles. The predicted molar refractivity (Wildman–Crippen MR) is 398 cm³/mol. The summed E-state index contributed by atoms with van der Waals surface area (Å²) in [6.07, 6.45) is 15.4. The monoisotopic (exact) mass is 1360 g/mol. The number of carbonyl (C=O) groups excluding carboxylic acids is 6. The standard InChI is InChI=1S/C35H17N3O4.C28H18N4O2.C20H10N4O4/c39-32-24-10-6-20-22-8-12-26-31-27(35(42)38(34(26)41)19-14-16-36-17-15-19)13-9-23(29(22)31)21-7-11-25(30(24)28(20)21)33(40)37(32)18-4-2-1-3-5-18;33-27(19-9-13-29-14-10-19)31-23-8-4-18-2-6-22-24(32-28(34)20-11-15-30-16-12-20)7-3-17-1-5-21(23)26(18)25(17)22;25-17-13-9-15-16(20(28)24(19(15)27)12-3-7-22-8-4-12)10-14(13)18(26)23(17)11-1-5-21-6-2-11/h1-17H;1-16H,(H,31,33)(H,32,34);1-10H. The van der Waals surface area contributed by atoms with Crippen LogP contribution in [-0.2, 0) is 0 Å². The average molecular weight is 1360 g/mol. The molecule has 21 nitrogen and oxygen atoms in total. The minimum absolute atomic E-state index is 0.0956. The Labute approximate surface area is 583 Å². The van der Waals surface area contributed by atoms with E-state index in [-0.39, 0.29) is 45.2 Å². The summed E-state index contributed by atoms with van der Waals surface area (Å²) in [7, 11) is 0. The highest BCUT2D eigenvalue weighted by molar-refractivity contribution is 6.45. The zero-order chi connectivity index (χ0) is 70.8. The van der Waals surface area contributed by atoms with Crippen LogP contribution in [0.25, 0.3) is 108 Å². The van der Waals surface area contributed by atoms with Gasteiger partial charge in [0.05, 0.1) is 44.3 Å². The molecule has 0 unspecified atom stereocenters. The molecule has 0 atom stereocenters. The third-order valence-corrected chi connectivity index (χ3v) is 19.4. The normalized spacial score (nSPS) is 12.7. The number of rotatable bonds is 8. The maximum Gasteiger partial charge on any atom is 0.266 e. The molecule has 2 N–H and O–H groups in total. The number of hydrogen-bond acceptors (Lipinski definition) is 15. The highest BCUT2D eigenvalue weighted by Gasteiger charge is 2.38. The molecule has 0 radical (unpaired) electrons. The van der Waals surface area contributed by atoms with Gasteiger partial charge >= 0.3 is 0 Å². The number of amides is 6. The summed E-state index contributed by atoms with van der Waals surface area (Å²) in [5.74, 6) is -1.91. The van der Waals surface area contributed by atoms with Gasteiger partial charge in [-0.1, -0.05) is 78.9 Å². The maximum absolute atomic E-state index is 13.8. The molecule has 7 aromatic heterocycles. The van der Waals surface area contributed by atoms with Crippen molar-refractivity contribution in [2.45, 2.75) is 0 Å². The molecule has 9 heterocycles. The number of para-hydroxylation sites is 1. The van der Waals surface area contributed by atoms with E-state index in [2.05, 4.69) is 35.6 Å². The number of nitrogens with one attached hydrogen (secondary N) is 2. The first-order chi connectivity index (χ1) is 50.8. The van der Waals surface area contributed by atoms with Gasteiger partial charge in [-0.15, -0.1) is 0 Å². The van der Waals surface area contributed by atoms with Crippen molar-refractivity contribution >= 4 is 155 Å². The number of nitrogens with zero attached hydrogens (tertiary/aromatic N) is 9. The first-order valence-electron chi connectivity index (χ1n) is 32.6. The summed E-state index contributed by atoms with van der Waals surface area (Å²) in [6, 6.07) is 58.5. The first kappa shape index (κ1) is 61.3. The molecule has 21 heteroatoms. The Morgan fingerprint density at radius 2 is 0.548 bits per heavy atom. The van der Waals surface area contributed by atoms with Crippen LogP contribution in [0.2, 0.25) is 0 Å². The van der Waals surface area contributed by atoms with Crippen LogP contribution in [0.4, 0.5) is 22.7 Å². The van der Waals surface area contributed by atoms with Crippen molar-refractivity contribution in [1.29, 1.82) is 0 Å². The molecule has 0 aliphatic carbocycles. The Kier molecular flexibility index (Phi) is 14.1. The maximum atomic E-state index is 13.8. The second kappa shape index (κ2) is 23.9. The molecule has 2 aliphatic heterocycles. The molecule has 20 rings (SSSR count). The molecule has 18 aromatic rings. The van der Waals surface area contributed by atoms with Crippen molar-refractivity contribution in [1.82, 2.24) is 34.1 Å². The van der Waals surface area contributed by atoms with E-state index in [1.165, 1.54) is 71.0 Å². The van der Waals surface area contributed by atoms with Gasteiger partial charge in [-0.3, -0.25) is 72.9 Å². The van der Waals surface area contributed by atoms with Gasteiger partial charge in [-0.05, 0) is 175 Å². The van der Waals surface area contributed by atoms with Crippen LogP contribution in [0.1, 0.15) is 62.1 Å². The number of benzene rings is 11. The Bertz CT molecular complexity index is 6340. The molecule has 11 aromatic carbocycles. The second-order valence-electron chi connectivity index (χ2n) is 24.8.